The number of piperazine rings is 1. The molecule has 1 aliphatic rings. The molecule has 0 aliphatic carbocycles. The number of carbonyl (C=O) groups is 3. The zero-order valence-electron chi connectivity index (χ0n) is 28.1. The molecule has 1 saturated heterocycles. The van der Waals surface area contributed by atoms with Crippen LogP contribution in [0, 0.1) is 0 Å². The Morgan fingerprint density at radius 2 is 1.27 bits per heavy atom. The van der Waals surface area contributed by atoms with Crippen molar-refractivity contribution in [3.8, 4) is 0 Å². The van der Waals surface area contributed by atoms with E-state index in [2.05, 4.69) is 37.9 Å². The summed E-state index contributed by atoms with van der Waals surface area (Å²) in [4.78, 5) is 51.6. The van der Waals surface area contributed by atoms with E-state index in [0.717, 1.165) is 76.0 Å². The molecule has 1 atom stereocenters. The van der Waals surface area contributed by atoms with Crippen molar-refractivity contribution >= 4 is 29.3 Å². The minimum absolute atomic E-state index is 0.0309. The number of hydrogen-bond donors (Lipinski definition) is 1. The van der Waals surface area contributed by atoms with E-state index in [-0.39, 0.29) is 31.1 Å². The summed E-state index contributed by atoms with van der Waals surface area (Å²) in [5, 5.41) is 3.10. The van der Waals surface area contributed by atoms with Crippen molar-refractivity contribution in [2.75, 3.05) is 63.8 Å². The zero-order chi connectivity index (χ0) is 32.4. The first-order valence-corrected chi connectivity index (χ1v) is 17.2. The minimum Gasteiger partial charge on any atom is -0.354 e. The summed E-state index contributed by atoms with van der Waals surface area (Å²) in [6, 6.07) is 18.0. The Bertz CT molecular complexity index is 1090. The Morgan fingerprint density at radius 1 is 0.711 bits per heavy atom. The largest absolute Gasteiger partial charge is 0.354 e. The molecule has 5 amide bonds. The van der Waals surface area contributed by atoms with Gasteiger partial charge in [0.25, 0.3) is 0 Å². The summed E-state index contributed by atoms with van der Waals surface area (Å²) in [5.41, 5.74) is 1.45. The van der Waals surface area contributed by atoms with Crippen LogP contribution in [0.2, 0.25) is 0 Å². The topological polar surface area (TPSA) is 79.4 Å². The van der Waals surface area contributed by atoms with Crippen LogP contribution in [-0.4, -0.2) is 103 Å². The first-order valence-electron chi connectivity index (χ1n) is 17.2. The van der Waals surface area contributed by atoms with Crippen molar-refractivity contribution in [2.45, 2.75) is 78.7 Å². The lowest BCUT2D eigenvalue weighted by atomic mass is 10.1. The molecule has 9 heteroatoms. The molecule has 0 saturated carbocycles. The van der Waals surface area contributed by atoms with Crippen LogP contribution in [-0.2, 0) is 4.79 Å². The van der Waals surface area contributed by atoms with Crippen molar-refractivity contribution in [2.24, 2.45) is 0 Å². The number of para-hydroxylation sites is 2. The summed E-state index contributed by atoms with van der Waals surface area (Å²) >= 11 is 0. The molecule has 1 N–H and O–H groups in total. The van der Waals surface area contributed by atoms with Gasteiger partial charge in [-0.25, -0.2) is 9.59 Å². The van der Waals surface area contributed by atoms with Gasteiger partial charge in [-0.05, 0) is 63.2 Å². The fraction of sp³-hybridized carbons (Fsp3) is 0.583. The predicted octanol–water partition coefficient (Wildman–Crippen LogP) is 6.58. The molecule has 9 nitrogen and oxygen atoms in total. The fourth-order valence-electron chi connectivity index (χ4n) is 5.84. The van der Waals surface area contributed by atoms with Gasteiger partial charge < -0.3 is 24.9 Å². The molecule has 0 radical (unpaired) electrons. The summed E-state index contributed by atoms with van der Waals surface area (Å²) < 4.78 is 0. The predicted molar refractivity (Wildman–Crippen MR) is 184 cm³/mol. The van der Waals surface area contributed by atoms with E-state index in [0.29, 0.717) is 26.2 Å². The highest BCUT2D eigenvalue weighted by molar-refractivity contribution is 6.01. The van der Waals surface area contributed by atoms with Crippen LogP contribution in [0.5, 0.6) is 0 Å². The fourth-order valence-corrected chi connectivity index (χ4v) is 5.84. The lowest BCUT2D eigenvalue weighted by molar-refractivity contribution is -0.127. The van der Waals surface area contributed by atoms with Gasteiger partial charge in [-0.1, -0.05) is 89.8 Å². The van der Waals surface area contributed by atoms with Gasteiger partial charge in [0.1, 0.15) is 6.04 Å². The molecular weight excluding hydrogens is 564 g/mol. The van der Waals surface area contributed by atoms with Crippen molar-refractivity contribution in [1.82, 2.24) is 24.9 Å². The Morgan fingerprint density at radius 3 is 1.78 bits per heavy atom. The smallest absolute Gasteiger partial charge is 0.329 e. The standard InChI is InChI=1S/C36H56N6O3/c1-5-9-17-26-39(27-18-10-6-2)35(44)40-28-29-41(33(30-40)34(43)37-24-19-25-38(7-3)8-4)36(45)42(31-20-13-11-14-21-31)32-22-15-12-16-23-32/h11-16,20-23,33H,5-10,17-19,24-30H2,1-4H3,(H,37,43). The highest BCUT2D eigenvalue weighted by atomic mass is 16.2. The number of benzene rings is 2. The second kappa shape index (κ2) is 19.7. The third kappa shape index (κ3) is 10.8. The molecule has 3 rings (SSSR count). The van der Waals surface area contributed by atoms with Crippen molar-refractivity contribution in [3.63, 3.8) is 0 Å². The Hall–Kier alpha value is -3.59. The van der Waals surface area contributed by atoms with Gasteiger partial charge in [0.15, 0.2) is 0 Å². The summed E-state index contributed by atoms with van der Waals surface area (Å²) in [6.45, 7) is 14.2. The molecule has 0 aromatic heterocycles. The third-order valence-corrected chi connectivity index (χ3v) is 8.60. The molecule has 0 bridgehead atoms. The molecule has 2 aromatic carbocycles. The van der Waals surface area contributed by atoms with Gasteiger partial charge in [0.2, 0.25) is 5.91 Å². The normalized spacial score (nSPS) is 14.8. The number of unbranched alkanes of at least 4 members (excludes halogenated alkanes) is 4. The molecule has 45 heavy (non-hydrogen) atoms. The molecular formula is C36H56N6O3. The SMILES string of the molecule is CCCCCN(CCCCC)C(=O)N1CCN(C(=O)N(c2ccccc2)c2ccccc2)C(C(=O)NCCCN(CC)CC)C1. The van der Waals surface area contributed by atoms with Gasteiger partial charge in [-0.2, -0.15) is 0 Å². The summed E-state index contributed by atoms with van der Waals surface area (Å²) in [6.07, 6.45) is 7.08. The van der Waals surface area contributed by atoms with Crippen LogP contribution in [0.25, 0.3) is 0 Å². The van der Waals surface area contributed by atoms with Crippen LogP contribution in [0.3, 0.4) is 0 Å². The number of nitrogens with zero attached hydrogens (tertiary/aromatic N) is 5. The van der Waals surface area contributed by atoms with Gasteiger partial charge >= 0.3 is 12.1 Å². The average Bonchev–Trinajstić information content (AvgIpc) is 3.08. The lowest BCUT2D eigenvalue weighted by Gasteiger charge is -2.43. The second-order valence-electron chi connectivity index (χ2n) is 11.8. The third-order valence-electron chi connectivity index (χ3n) is 8.60. The van der Waals surface area contributed by atoms with Crippen LogP contribution >= 0.6 is 0 Å². The quantitative estimate of drug-likeness (QED) is 0.203. The van der Waals surface area contributed by atoms with E-state index in [1.165, 1.54) is 0 Å². The Kier molecular flexibility index (Phi) is 15.7. The Labute approximate surface area is 271 Å². The van der Waals surface area contributed by atoms with E-state index in [1.807, 2.05) is 65.6 Å². The van der Waals surface area contributed by atoms with Crippen LogP contribution in [0.1, 0.15) is 72.6 Å². The average molecular weight is 621 g/mol. The summed E-state index contributed by atoms with van der Waals surface area (Å²) in [7, 11) is 0. The number of rotatable bonds is 17. The van der Waals surface area contributed by atoms with E-state index in [9.17, 15) is 14.4 Å². The molecule has 1 fully saturated rings. The van der Waals surface area contributed by atoms with Gasteiger partial charge in [-0.3, -0.25) is 9.69 Å². The molecule has 1 heterocycles. The van der Waals surface area contributed by atoms with Gasteiger partial charge in [0, 0.05) is 32.7 Å². The van der Waals surface area contributed by atoms with Crippen LogP contribution in [0.15, 0.2) is 60.7 Å². The number of amides is 5. The lowest BCUT2D eigenvalue weighted by Crippen LogP contribution is -2.64. The Balaban J connectivity index is 1.85. The number of anilines is 2. The summed E-state index contributed by atoms with van der Waals surface area (Å²) in [5.74, 6) is -0.218. The van der Waals surface area contributed by atoms with Crippen molar-refractivity contribution in [1.29, 1.82) is 0 Å². The van der Waals surface area contributed by atoms with Crippen molar-refractivity contribution < 1.29 is 14.4 Å². The maximum Gasteiger partial charge on any atom is 0.329 e. The maximum absolute atomic E-state index is 14.4. The molecule has 1 unspecified atom stereocenters. The van der Waals surface area contributed by atoms with Crippen LogP contribution in [0.4, 0.5) is 21.0 Å². The maximum atomic E-state index is 14.4. The highest BCUT2D eigenvalue weighted by Gasteiger charge is 2.40. The second-order valence-corrected chi connectivity index (χ2v) is 11.8. The number of hydrogen-bond acceptors (Lipinski definition) is 4. The number of carbonyl (C=O) groups excluding carboxylic acids is 3. The first-order chi connectivity index (χ1) is 21.9. The highest BCUT2D eigenvalue weighted by Crippen LogP contribution is 2.28. The van der Waals surface area contributed by atoms with E-state index >= 15 is 0 Å². The molecule has 0 spiro atoms. The zero-order valence-corrected chi connectivity index (χ0v) is 28.1. The van der Waals surface area contributed by atoms with Crippen molar-refractivity contribution in [3.05, 3.63) is 60.7 Å². The first kappa shape index (κ1) is 35.9. The number of nitrogens with one attached hydrogen (secondary N) is 1. The van der Waals surface area contributed by atoms with E-state index < -0.39 is 6.04 Å². The monoisotopic (exact) mass is 620 g/mol. The van der Waals surface area contributed by atoms with Gasteiger partial charge in [0.05, 0.1) is 17.9 Å². The molecule has 2 aromatic rings. The van der Waals surface area contributed by atoms with E-state index in [1.54, 1.807) is 14.7 Å². The minimum atomic E-state index is -0.799. The molecule has 248 valence electrons. The van der Waals surface area contributed by atoms with Gasteiger partial charge in [-0.15, -0.1) is 0 Å². The van der Waals surface area contributed by atoms with E-state index in [4.69, 9.17) is 0 Å². The number of urea groups is 2. The molecule has 1 aliphatic heterocycles. The van der Waals surface area contributed by atoms with Crippen LogP contribution < -0.4 is 10.2 Å².